The lowest BCUT2D eigenvalue weighted by molar-refractivity contribution is -0.130. The van der Waals surface area contributed by atoms with Gasteiger partial charge in [0.1, 0.15) is 17.0 Å². The van der Waals surface area contributed by atoms with Crippen molar-refractivity contribution in [3.8, 4) is 0 Å². The summed E-state index contributed by atoms with van der Waals surface area (Å²) in [6.45, 7) is 1.85. The molecule has 0 aliphatic carbocycles. The Bertz CT molecular complexity index is 1290. The maximum absolute atomic E-state index is 12.8. The van der Waals surface area contributed by atoms with Crippen LogP contribution in [0.2, 0.25) is 0 Å². The van der Waals surface area contributed by atoms with Crippen LogP contribution < -0.4 is 14.8 Å². The number of nitrogens with two attached hydrogens (primary N) is 1. The summed E-state index contributed by atoms with van der Waals surface area (Å²) in [5, 5.41) is 5.52. The van der Waals surface area contributed by atoms with Crippen molar-refractivity contribution in [3.63, 3.8) is 0 Å². The second kappa shape index (κ2) is 9.35. The molecule has 4 rings (SSSR count). The quantitative estimate of drug-likeness (QED) is 0.521. The monoisotopic (exact) mass is 514 g/mol. The number of thiophene rings is 1. The number of alkyl halides is 3. The van der Waals surface area contributed by atoms with Crippen molar-refractivity contribution in [1.29, 1.82) is 0 Å². The molecule has 3 heterocycles. The van der Waals surface area contributed by atoms with Gasteiger partial charge in [-0.05, 0) is 23.8 Å². The van der Waals surface area contributed by atoms with E-state index in [-0.39, 0.29) is 17.2 Å². The van der Waals surface area contributed by atoms with E-state index in [2.05, 4.69) is 14.7 Å². The van der Waals surface area contributed by atoms with Crippen LogP contribution in [0.5, 0.6) is 0 Å². The molecule has 14 heteroatoms. The number of amides is 1. The SMILES string of the molecule is NS(=O)(=O)Nc1ccc(CC(=O)N2CCN(c3ncnc4sc(CC(F)(F)F)cc34)CC2)cc1. The number of fused-ring (bicyclic) bond motifs is 1. The highest BCUT2D eigenvalue weighted by atomic mass is 32.2. The molecule has 2 aromatic heterocycles. The first-order chi connectivity index (χ1) is 16.0. The van der Waals surface area contributed by atoms with Crippen molar-refractivity contribution in [3.05, 3.63) is 47.1 Å². The standard InChI is InChI=1S/C20H21F3N6O3S2/c21-20(22,23)11-15-10-16-18(25-12-26-19(16)33-15)29-7-5-28(6-8-29)17(30)9-13-1-3-14(4-2-13)27-34(24,31)32/h1-4,10,12,27H,5-9,11H2,(H2,24,31,32). The Balaban J connectivity index is 1.37. The number of hydrogen-bond donors (Lipinski definition) is 2. The molecule has 3 N–H and O–H groups in total. The van der Waals surface area contributed by atoms with E-state index in [0.29, 0.717) is 47.9 Å². The molecule has 1 aliphatic heterocycles. The molecule has 0 unspecified atom stereocenters. The van der Waals surface area contributed by atoms with Crippen molar-refractivity contribution in [2.45, 2.75) is 19.0 Å². The summed E-state index contributed by atoms with van der Waals surface area (Å²) in [4.78, 5) is 25.5. The molecule has 3 aromatic rings. The average molecular weight is 515 g/mol. The van der Waals surface area contributed by atoms with Crippen molar-refractivity contribution < 1.29 is 26.4 Å². The van der Waals surface area contributed by atoms with Gasteiger partial charge in [0.15, 0.2) is 0 Å². The topological polar surface area (TPSA) is 122 Å². The van der Waals surface area contributed by atoms with Gasteiger partial charge in [0.05, 0.1) is 18.2 Å². The third kappa shape index (κ3) is 6.12. The lowest BCUT2D eigenvalue weighted by Crippen LogP contribution is -2.49. The van der Waals surface area contributed by atoms with E-state index in [1.54, 1.807) is 17.0 Å². The van der Waals surface area contributed by atoms with Gasteiger partial charge in [0, 0.05) is 36.7 Å². The second-order valence-electron chi connectivity index (χ2n) is 7.81. The first-order valence-corrected chi connectivity index (χ1v) is 12.6. The van der Waals surface area contributed by atoms with E-state index in [0.717, 1.165) is 16.9 Å². The van der Waals surface area contributed by atoms with Crippen LogP contribution in [0.4, 0.5) is 24.7 Å². The number of piperazine rings is 1. The number of anilines is 2. The number of nitrogens with zero attached hydrogens (tertiary/aromatic N) is 4. The minimum atomic E-state index is -4.29. The molecule has 1 aliphatic rings. The zero-order valence-corrected chi connectivity index (χ0v) is 19.4. The molecule has 1 amide bonds. The number of rotatable bonds is 6. The van der Waals surface area contributed by atoms with E-state index in [1.165, 1.54) is 24.5 Å². The van der Waals surface area contributed by atoms with Gasteiger partial charge in [-0.1, -0.05) is 12.1 Å². The van der Waals surface area contributed by atoms with Crippen LogP contribution in [0, 0.1) is 0 Å². The van der Waals surface area contributed by atoms with Gasteiger partial charge in [0.25, 0.3) is 10.2 Å². The molecular formula is C20H21F3N6O3S2. The molecule has 9 nitrogen and oxygen atoms in total. The van der Waals surface area contributed by atoms with E-state index in [4.69, 9.17) is 5.14 Å². The summed E-state index contributed by atoms with van der Waals surface area (Å²) in [5.41, 5.74) is 1.02. The van der Waals surface area contributed by atoms with E-state index in [9.17, 15) is 26.4 Å². The summed E-state index contributed by atoms with van der Waals surface area (Å²) in [6.07, 6.45) is -3.80. The van der Waals surface area contributed by atoms with Crippen LogP contribution in [0.15, 0.2) is 36.7 Å². The molecule has 0 spiro atoms. The van der Waals surface area contributed by atoms with E-state index < -0.39 is 22.8 Å². The van der Waals surface area contributed by atoms with Crippen molar-refractivity contribution >= 4 is 49.2 Å². The molecule has 0 saturated carbocycles. The van der Waals surface area contributed by atoms with Gasteiger partial charge < -0.3 is 9.80 Å². The highest BCUT2D eigenvalue weighted by molar-refractivity contribution is 7.90. The molecule has 1 fully saturated rings. The number of carbonyl (C=O) groups excluding carboxylic acids is 1. The third-order valence-corrected chi connectivity index (χ3v) is 6.80. The van der Waals surface area contributed by atoms with Gasteiger partial charge in [-0.2, -0.15) is 21.6 Å². The van der Waals surface area contributed by atoms with Gasteiger partial charge in [0.2, 0.25) is 5.91 Å². The van der Waals surface area contributed by atoms with Crippen molar-refractivity contribution in [2.75, 3.05) is 35.8 Å². The van der Waals surface area contributed by atoms with Crippen LogP contribution in [0.1, 0.15) is 10.4 Å². The van der Waals surface area contributed by atoms with Crippen molar-refractivity contribution in [1.82, 2.24) is 14.9 Å². The van der Waals surface area contributed by atoms with E-state index in [1.807, 2.05) is 4.90 Å². The fourth-order valence-corrected chi connectivity index (χ4v) is 5.22. The molecule has 34 heavy (non-hydrogen) atoms. The first-order valence-electron chi connectivity index (χ1n) is 10.2. The number of nitrogens with one attached hydrogen (secondary N) is 1. The smallest absolute Gasteiger partial charge is 0.352 e. The Morgan fingerprint density at radius 1 is 1.12 bits per heavy atom. The molecule has 0 radical (unpaired) electrons. The number of hydrogen-bond acceptors (Lipinski definition) is 7. The number of aromatic nitrogens is 2. The summed E-state index contributed by atoms with van der Waals surface area (Å²) >= 11 is 1.01. The first kappa shape index (κ1) is 24.2. The third-order valence-electron chi connectivity index (χ3n) is 5.24. The summed E-state index contributed by atoms with van der Waals surface area (Å²) in [6, 6.07) is 7.84. The normalized spacial score (nSPS) is 15.1. The molecular weight excluding hydrogens is 493 g/mol. The van der Waals surface area contributed by atoms with Crippen LogP contribution in [-0.4, -0.2) is 61.5 Å². The summed E-state index contributed by atoms with van der Waals surface area (Å²) in [5.74, 6) is 0.488. The Hall–Kier alpha value is -2.97. The minimum Gasteiger partial charge on any atom is -0.352 e. The Morgan fingerprint density at radius 2 is 1.79 bits per heavy atom. The van der Waals surface area contributed by atoms with E-state index >= 15 is 0 Å². The number of halogens is 3. The molecule has 182 valence electrons. The molecule has 1 saturated heterocycles. The largest absolute Gasteiger partial charge is 0.393 e. The van der Waals surface area contributed by atoms with Crippen molar-refractivity contribution in [2.24, 2.45) is 5.14 Å². The van der Waals surface area contributed by atoms with Crippen LogP contribution >= 0.6 is 11.3 Å². The predicted molar refractivity (Wildman–Crippen MR) is 123 cm³/mol. The second-order valence-corrected chi connectivity index (χ2v) is 10.2. The zero-order valence-electron chi connectivity index (χ0n) is 17.7. The fourth-order valence-electron chi connectivity index (χ4n) is 3.74. The Morgan fingerprint density at radius 3 is 2.41 bits per heavy atom. The fraction of sp³-hybridized carbons (Fsp3) is 0.350. The highest BCUT2D eigenvalue weighted by Gasteiger charge is 2.30. The van der Waals surface area contributed by atoms with Crippen LogP contribution in [-0.2, 0) is 27.8 Å². The number of carbonyl (C=O) groups is 1. The summed E-state index contributed by atoms with van der Waals surface area (Å²) in [7, 11) is -3.87. The highest BCUT2D eigenvalue weighted by Crippen LogP contribution is 2.34. The Labute approximate surface area is 197 Å². The van der Waals surface area contributed by atoms with Gasteiger partial charge in [-0.25, -0.2) is 15.1 Å². The number of benzene rings is 1. The Kier molecular flexibility index (Phi) is 6.64. The lowest BCUT2D eigenvalue weighted by Gasteiger charge is -2.35. The van der Waals surface area contributed by atoms with Gasteiger partial charge in [-0.3, -0.25) is 9.52 Å². The summed E-state index contributed by atoms with van der Waals surface area (Å²) < 4.78 is 62.6. The van der Waals surface area contributed by atoms with Gasteiger partial charge in [-0.15, -0.1) is 11.3 Å². The lowest BCUT2D eigenvalue weighted by atomic mass is 10.1. The zero-order chi connectivity index (χ0) is 24.5. The van der Waals surface area contributed by atoms with Gasteiger partial charge >= 0.3 is 6.18 Å². The average Bonchev–Trinajstić information content (AvgIpc) is 3.15. The maximum Gasteiger partial charge on any atom is 0.393 e. The molecule has 0 bridgehead atoms. The predicted octanol–water partition coefficient (Wildman–Crippen LogP) is 2.30. The minimum absolute atomic E-state index is 0.0809. The molecule has 1 aromatic carbocycles. The molecule has 0 atom stereocenters. The van der Waals surface area contributed by atoms with Crippen LogP contribution in [0.25, 0.3) is 10.2 Å². The van der Waals surface area contributed by atoms with Crippen LogP contribution in [0.3, 0.4) is 0 Å². The maximum atomic E-state index is 12.8.